The first-order chi connectivity index (χ1) is 15.7. The molecule has 4 rings (SSSR count). The molecule has 1 atom stereocenters. The molecule has 32 heavy (non-hydrogen) atoms. The maximum Gasteiger partial charge on any atom is 0.261 e. The van der Waals surface area contributed by atoms with E-state index in [2.05, 4.69) is 69.6 Å². The molecule has 0 spiro atoms. The number of carbonyl (C=O) groups excluding carboxylic acids is 1. The van der Waals surface area contributed by atoms with Crippen molar-refractivity contribution < 1.29 is 4.79 Å². The second-order valence-electron chi connectivity index (χ2n) is 7.93. The lowest BCUT2D eigenvalue weighted by Crippen LogP contribution is -2.35. The van der Waals surface area contributed by atoms with Crippen LogP contribution in [0.3, 0.4) is 0 Å². The fraction of sp³-hybridized carbons (Fsp3) is 0.269. The molecule has 4 N–H and O–H groups in total. The zero-order chi connectivity index (χ0) is 22.3. The van der Waals surface area contributed by atoms with E-state index in [1.165, 1.54) is 10.9 Å². The van der Waals surface area contributed by atoms with Gasteiger partial charge in [-0.2, -0.15) is 0 Å². The van der Waals surface area contributed by atoms with Crippen LogP contribution in [0.5, 0.6) is 0 Å². The second kappa shape index (κ2) is 10.5. The van der Waals surface area contributed by atoms with Crippen molar-refractivity contribution in [2.45, 2.75) is 25.8 Å². The average molecular weight is 447 g/mol. The molecule has 0 bridgehead atoms. The molecule has 2 aromatic heterocycles. The largest absolute Gasteiger partial charge is 0.384 e. The normalized spacial score (nSPS) is 12.6. The van der Waals surface area contributed by atoms with Gasteiger partial charge in [0.25, 0.3) is 5.91 Å². The van der Waals surface area contributed by atoms with Gasteiger partial charge in [-0.15, -0.1) is 11.3 Å². The first-order valence-corrected chi connectivity index (χ1v) is 11.9. The van der Waals surface area contributed by atoms with Gasteiger partial charge in [-0.3, -0.25) is 4.79 Å². The number of thiophene rings is 1. The van der Waals surface area contributed by atoms with Crippen LogP contribution in [-0.2, 0) is 6.42 Å². The summed E-state index contributed by atoms with van der Waals surface area (Å²) in [6, 6.07) is 16.6. The highest BCUT2D eigenvalue weighted by atomic mass is 32.1. The first-order valence-electron chi connectivity index (χ1n) is 11.1. The number of anilines is 1. The van der Waals surface area contributed by atoms with Crippen molar-refractivity contribution in [2.75, 3.05) is 25.5 Å². The molecule has 166 valence electrons. The number of hydrogen-bond acceptors (Lipinski definition) is 4. The molecule has 1 unspecified atom stereocenters. The van der Waals surface area contributed by atoms with Gasteiger partial charge in [0.2, 0.25) is 0 Å². The monoisotopic (exact) mass is 446 g/mol. The molecular weight excluding hydrogens is 416 g/mol. The van der Waals surface area contributed by atoms with Crippen LogP contribution in [0, 0.1) is 0 Å². The summed E-state index contributed by atoms with van der Waals surface area (Å²) in [5.74, 6) is -0.00904. The third kappa shape index (κ3) is 5.21. The number of H-pyrrole nitrogens is 1. The fourth-order valence-electron chi connectivity index (χ4n) is 3.90. The zero-order valence-electron chi connectivity index (χ0n) is 18.6. The summed E-state index contributed by atoms with van der Waals surface area (Å²) in [6.07, 6.45) is 7.79. The van der Waals surface area contributed by atoms with Crippen molar-refractivity contribution in [1.29, 1.82) is 0 Å². The van der Waals surface area contributed by atoms with E-state index in [0.29, 0.717) is 0 Å². The van der Waals surface area contributed by atoms with Crippen molar-refractivity contribution in [3.8, 4) is 0 Å². The van der Waals surface area contributed by atoms with Gasteiger partial charge in [0.1, 0.15) is 0 Å². The lowest BCUT2D eigenvalue weighted by molar-refractivity contribution is 0.0941. The fourth-order valence-corrected chi connectivity index (χ4v) is 4.91. The van der Waals surface area contributed by atoms with E-state index in [4.69, 9.17) is 0 Å². The average Bonchev–Trinajstić information content (AvgIpc) is 3.42. The number of allylic oxidation sites excluding steroid dienone is 1. The maximum atomic E-state index is 13.1. The van der Waals surface area contributed by atoms with E-state index in [-0.39, 0.29) is 11.9 Å². The standard InChI is InChI=1S/C26H30N4OS/c1-3-4-7-21(14-19-17-29-23-9-6-5-8-22(19)23)30-26(31)25-15-18-10-11-20(16-24(18)32-25)28-13-12-27-2/h3-6,8-11,15-17,21,27-29H,7,12-14H2,1-2H3,(H,30,31)/b4-3-. The Morgan fingerprint density at radius 1 is 1.16 bits per heavy atom. The van der Waals surface area contributed by atoms with Crippen LogP contribution in [0.4, 0.5) is 5.69 Å². The summed E-state index contributed by atoms with van der Waals surface area (Å²) in [4.78, 5) is 17.2. The molecule has 0 aliphatic heterocycles. The van der Waals surface area contributed by atoms with Gasteiger partial charge in [-0.25, -0.2) is 0 Å². The Morgan fingerprint density at radius 2 is 2.03 bits per heavy atom. The van der Waals surface area contributed by atoms with Crippen LogP contribution in [0.15, 0.2) is 66.9 Å². The Kier molecular flexibility index (Phi) is 7.24. The molecule has 0 aliphatic carbocycles. The number of para-hydroxylation sites is 1. The predicted molar refractivity (Wildman–Crippen MR) is 137 cm³/mol. The van der Waals surface area contributed by atoms with E-state index >= 15 is 0 Å². The number of amides is 1. The highest BCUT2D eigenvalue weighted by Gasteiger charge is 2.17. The maximum absolute atomic E-state index is 13.1. The summed E-state index contributed by atoms with van der Waals surface area (Å²) >= 11 is 1.54. The van der Waals surface area contributed by atoms with Gasteiger partial charge >= 0.3 is 0 Å². The van der Waals surface area contributed by atoms with Gasteiger partial charge in [-0.05, 0) is 62.0 Å². The van der Waals surface area contributed by atoms with Gasteiger partial charge in [0.05, 0.1) is 4.88 Å². The number of aromatic amines is 1. The molecule has 0 fully saturated rings. The number of carbonyl (C=O) groups is 1. The number of rotatable bonds is 10. The van der Waals surface area contributed by atoms with Crippen molar-refractivity contribution in [3.63, 3.8) is 0 Å². The number of benzene rings is 2. The van der Waals surface area contributed by atoms with Crippen LogP contribution in [-0.4, -0.2) is 37.1 Å². The van der Waals surface area contributed by atoms with Crippen LogP contribution in [0.1, 0.15) is 28.6 Å². The Balaban J connectivity index is 1.49. The molecule has 1 amide bonds. The molecule has 0 saturated heterocycles. The quantitative estimate of drug-likeness (QED) is 0.197. The molecule has 5 nitrogen and oxygen atoms in total. The smallest absolute Gasteiger partial charge is 0.261 e. The molecule has 2 heterocycles. The van der Waals surface area contributed by atoms with Crippen LogP contribution < -0.4 is 16.0 Å². The van der Waals surface area contributed by atoms with Gasteiger partial charge in [0, 0.05) is 46.6 Å². The highest BCUT2D eigenvalue weighted by Crippen LogP contribution is 2.28. The molecule has 0 saturated carbocycles. The third-order valence-electron chi connectivity index (χ3n) is 5.58. The molecule has 4 aromatic rings. The predicted octanol–water partition coefficient (Wildman–Crippen LogP) is 5.32. The minimum atomic E-state index is -0.00904. The van der Waals surface area contributed by atoms with Crippen LogP contribution in [0.2, 0.25) is 0 Å². The van der Waals surface area contributed by atoms with E-state index in [1.54, 1.807) is 11.3 Å². The number of fused-ring (bicyclic) bond motifs is 2. The zero-order valence-corrected chi connectivity index (χ0v) is 19.4. The van der Waals surface area contributed by atoms with Gasteiger partial charge in [0.15, 0.2) is 0 Å². The van der Waals surface area contributed by atoms with E-state index < -0.39 is 0 Å². The Labute approximate surface area is 192 Å². The van der Waals surface area contributed by atoms with Crippen molar-refractivity contribution in [1.82, 2.24) is 15.6 Å². The number of likely N-dealkylation sites (N-methyl/N-ethyl adjacent to an activating group) is 1. The van der Waals surface area contributed by atoms with Crippen molar-refractivity contribution in [3.05, 3.63) is 77.3 Å². The Hall–Kier alpha value is -3.09. The lowest BCUT2D eigenvalue weighted by atomic mass is 10.0. The second-order valence-corrected chi connectivity index (χ2v) is 9.02. The van der Waals surface area contributed by atoms with Gasteiger partial charge in [-0.1, -0.05) is 36.4 Å². The minimum Gasteiger partial charge on any atom is -0.384 e. The molecule has 0 radical (unpaired) electrons. The SMILES string of the molecule is C/C=C\CC(Cc1c[nH]c2ccccc12)NC(=O)c1cc2ccc(NCCNC)cc2s1. The Morgan fingerprint density at radius 3 is 2.88 bits per heavy atom. The number of nitrogens with one attached hydrogen (secondary N) is 4. The number of hydrogen-bond donors (Lipinski definition) is 4. The minimum absolute atomic E-state index is 0.00904. The van der Waals surface area contributed by atoms with E-state index in [9.17, 15) is 4.79 Å². The lowest BCUT2D eigenvalue weighted by Gasteiger charge is -2.16. The van der Waals surface area contributed by atoms with Crippen molar-refractivity contribution in [2.24, 2.45) is 0 Å². The molecule has 2 aromatic carbocycles. The summed E-state index contributed by atoms with van der Waals surface area (Å²) < 4.78 is 1.12. The molecule has 6 heteroatoms. The summed E-state index contributed by atoms with van der Waals surface area (Å²) in [6.45, 7) is 3.78. The van der Waals surface area contributed by atoms with Crippen molar-refractivity contribution >= 4 is 43.9 Å². The molecule has 0 aliphatic rings. The summed E-state index contributed by atoms with van der Waals surface area (Å²) in [5.41, 5.74) is 3.43. The first kappa shape index (κ1) is 22.1. The van der Waals surface area contributed by atoms with Crippen LogP contribution >= 0.6 is 11.3 Å². The van der Waals surface area contributed by atoms with E-state index in [1.807, 2.05) is 32.2 Å². The topological polar surface area (TPSA) is 69.0 Å². The van der Waals surface area contributed by atoms with Gasteiger partial charge < -0.3 is 20.9 Å². The van der Waals surface area contributed by atoms with Crippen LogP contribution in [0.25, 0.3) is 21.0 Å². The summed E-state index contributed by atoms with van der Waals surface area (Å²) in [5, 5.41) is 12.1. The highest BCUT2D eigenvalue weighted by molar-refractivity contribution is 7.20. The third-order valence-corrected chi connectivity index (χ3v) is 6.68. The number of aromatic nitrogens is 1. The molecular formula is C26H30N4OS. The Bertz CT molecular complexity index is 1220. The van der Waals surface area contributed by atoms with E-state index in [0.717, 1.165) is 52.1 Å². The summed E-state index contributed by atoms with van der Waals surface area (Å²) in [7, 11) is 1.94.